The van der Waals surface area contributed by atoms with E-state index < -0.39 is 5.41 Å². The van der Waals surface area contributed by atoms with Crippen molar-refractivity contribution in [1.82, 2.24) is 5.48 Å². The molecule has 3 aromatic carbocycles. The molecule has 1 unspecified atom stereocenters. The molecule has 0 fully saturated rings. The van der Waals surface area contributed by atoms with Gasteiger partial charge in [-0.05, 0) is 24.0 Å². The topological polar surface area (TPSA) is 90.2 Å². The minimum absolute atomic E-state index is 0.100. The fourth-order valence-corrected chi connectivity index (χ4v) is 4.22. The van der Waals surface area contributed by atoms with Crippen molar-refractivity contribution in [3.05, 3.63) is 107 Å². The Morgan fingerprint density at radius 1 is 0.818 bits per heavy atom. The van der Waals surface area contributed by atoms with Crippen LogP contribution in [0.3, 0.4) is 0 Å². The van der Waals surface area contributed by atoms with Crippen LogP contribution < -0.4 is 5.48 Å². The van der Waals surface area contributed by atoms with Crippen LogP contribution in [0.2, 0.25) is 0 Å². The van der Waals surface area contributed by atoms with Gasteiger partial charge in [-0.3, -0.25) is 14.8 Å². The molecule has 3 rings (SSSR count). The quantitative estimate of drug-likeness (QED) is 0.176. The van der Waals surface area contributed by atoms with E-state index in [0.717, 1.165) is 24.8 Å². The summed E-state index contributed by atoms with van der Waals surface area (Å²) < 4.78 is 0. The fourth-order valence-electron chi connectivity index (χ4n) is 4.22. The van der Waals surface area contributed by atoms with Crippen molar-refractivity contribution in [1.29, 1.82) is 5.26 Å². The maximum Gasteiger partial charge on any atom is 0.243 e. The number of nitrogens with one attached hydrogen (secondary N) is 1. The van der Waals surface area contributed by atoms with E-state index in [-0.39, 0.29) is 18.1 Å². The first-order valence-electron chi connectivity index (χ1n) is 11.2. The summed E-state index contributed by atoms with van der Waals surface area (Å²) in [5, 5.41) is 19.1. The molecule has 0 radical (unpaired) electrons. The molecule has 5 nitrogen and oxygen atoms in total. The number of benzene rings is 3. The Labute approximate surface area is 194 Å². The molecule has 3 aromatic rings. The standard InChI is InChI=1S/C28H28N2O3/c29-21-28(23-15-7-4-8-16-23,20-12-2-1-9-19-26(31)30-33)25-18-11-10-17-24(25)27(32)22-13-5-3-6-14-22/h3-8,10-11,13-18,33H,1-2,9,12,19-20H2,(H,30,31). The first-order chi connectivity index (χ1) is 16.1. The van der Waals surface area contributed by atoms with E-state index in [4.69, 9.17) is 5.21 Å². The number of carbonyl (C=O) groups excluding carboxylic acids is 2. The number of hydroxylamine groups is 1. The van der Waals surface area contributed by atoms with Crippen molar-refractivity contribution in [2.75, 3.05) is 0 Å². The largest absolute Gasteiger partial charge is 0.289 e. The monoisotopic (exact) mass is 440 g/mol. The maximum absolute atomic E-state index is 13.4. The summed E-state index contributed by atoms with van der Waals surface area (Å²) in [5.41, 5.74) is 3.38. The zero-order valence-electron chi connectivity index (χ0n) is 18.5. The molecule has 168 valence electrons. The van der Waals surface area contributed by atoms with Crippen LogP contribution in [0.15, 0.2) is 84.9 Å². The molecule has 1 atom stereocenters. The number of ketones is 1. The molecule has 0 saturated carbocycles. The molecule has 0 aliphatic carbocycles. The summed E-state index contributed by atoms with van der Waals surface area (Å²) in [7, 11) is 0. The van der Waals surface area contributed by atoms with Gasteiger partial charge in [0.15, 0.2) is 5.78 Å². The second kappa shape index (κ2) is 11.8. The van der Waals surface area contributed by atoms with E-state index in [1.807, 2.05) is 66.7 Å². The third kappa shape index (κ3) is 5.74. The van der Waals surface area contributed by atoms with Crippen LogP contribution in [0.5, 0.6) is 0 Å². The second-order valence-electron chi connectivity index (χ2n) is 8.07. The zero-order chi connectivity index (χ0) is 23.5. The highest BCUT2D eigenvalue weighted by Gasteiger charge is 2.37. The van der Waals surface area contributed by atoms with E-state index >= 15 is 0 Å². The van der Waals surface area contributed by atoms with Gasteiger partial charge < -0.3 is 0 Å². The third-order valence-electron chi connectivity index (χ3n) is 5.96. The number of amides is 1. The summed E-state index contributed by atoms with van der Waals surface area (Å²) in [6.45, 7) is 0. The van der Waals surface area contributed by atoms with Crippen LogP contribution in [0.1, 0.15) is 65.6 Å². The predicted molar refractivity (Wildman–Crippen MR) is 127 cm³/mol. The van der Waals surface area contributed by atoms with Crippen LogP contribution in [-0.2, 0) is 10.2 Å². The van der Waals surface area contributed by atoms with Crippen molar-refractivity contribution < 1.29 is 14.8 Å². The van der Waals surface area contributed by atoms with Gasteiger partial charge in [-0.25, -0.2) is 5.48 Å². The van der Waals surface area contributed by atoms with Crippen molar-refractivity contribution in [2.45, 2.75) is 43.9 Å². The Bertz CT molecular complexity index is 1110. The number of nitrogens with zero attached hydrogens (tertiary/aromatic N) is 1. The van der Waals surface area contributed by atoms with E-state index in [0.29, 0.717) is 29.5 Å². The van der Waals surface area contributed by atoms with E-state index in [1.165, 1.54) is 0 Å². The SMILES string of the molecule is N#CC(CCCCCCC(=O)NO)(c1ccccc1)c1ccccc1C(=O)c1ccccc1. The highest BCUT2D eigenvalue weighted by atomic mass is 16.5. The average molecular weight is 441 g/mol. The number of rotatable bonds is 11. The van der Waals surface area contributed by atoms with Crippen LogP contribution in [0.25, 0.3) is 0 Å². The molecule has 33 heavy (non-hydrogen) atoms. The summed E-state index contributed by atoms with van der Waals surface area (Å²) in [6, 6.07) is 28.7. The third-order valence-corrected chi connectivity index (χ3v) is 5.96. The van der Waals surface area contributed by atoms with Gasteiger partial charge in [0.2, 0.25) is 5.91 Å². The molecule has 0 spiro atoms. The predicted octanol–water partition coefficient (Wildman–Crippen LogP) is 5.57. The van der Waals surface area contributed by atoms with Gasteiger partial charge in [-0.1, -0.05) is 104 Å². The van der Waals surface area contributed by atoms with Gasteiger partial charge in [0.25, 0.3) is 0 Å². The minimum atomic E-state index is -0.967. The molecule has 2 N–H and O–H groups in total. The number of unbranched alkanes of at least 4 members (excludes halogenated alkanes) is 3. The van der Waals surface area contributed by atoms with Gasteiger partial charge in [-0.15, -0.1) is 0 Å². The molecule has 1 amide bonds. The zero-order valence-corrected chi connectivity index (χ0v) is 18.5. The number of nitriles is 1. The van der Waals surface area contributed by atoms with Gasteiger partial charge in [0, 0.05) is 17.5 Å². The molecule has 0 aliphatic heterocycles. The first kappa shape index (κ1) is 23.9. The van der Waals surface area contributed by atoms with Gasteiger partial charge in [0.05, 0.1) is 6.07 Å². The lowest BCUT2D eigenvalue weighted by Crippen LogP contribution is -2.28. The van der Waals surface area contributed by atoms with Crippen LogP contribution >= 0.6 is 0 Å². The highest BCUT2D eigenvalue weighted by molar-refractivity contribution is 6.10. The van der Waals surface area contributed by atoms with Crippen LogP contribution in [0.4, 0.5) is 0 Å². The lowest BCUT2D eigenvalue weighted by molar-refractivity contribution is -0.129. The summed E-state index contributed by atoms with van der Waals surface area (Å²) in [5.74, 6) is -0.490. The van der Waals surface area contributed by atoms with Gasteiger partial charge in [-0.2, -0.15) is 5.26 Å². The number of hydrogen-bond acceptors (Lipinski definition) is 4. The van der Waals surface area contributed by atoms with E-state index in [1.54, 1.807) is 23.7 Å². The molecule has 5 heteroatoms. The van der Waals surface area contributed by atoms with Crippen molar-refractivity contribution >= 4 is 11.7 Å². The molecule has 0 aromatic heterocycles. The van der Waals surface area contributed by atoms with Crippen molar-refractivity contribution in [3.63, 3.8) is 0 Å². The second-order valence-corrected chi connectivity index (χ2v) is 8.07. The number of carbonyl (C=O) groups is 2. The first-order valence-corrected chi connectivity index (χ1v) is 11.2. The Balaban J connectivity index is 1.92. The van der Waals surface area contributed by atoms with Crippen molar-refractivity contribution in [2.24, 2.45) is 0 Å². The molecule has 0 saturated heterocycles. The molecule has 0 bridgehead atoms. The molecular formula is C28H28N2O3. The minimum Gasteiger partial charge on any atom is -0.289 e. The summed E-state index contributed by atoms with van der Waals surface area (Å²) >= 11 is 0. The Morgan fingerprint density at radius 2 is 1.42 bits per heavy atom. The van der Waals surface area contributed by atoms with E-state index in [9.17, 15) is 14.9 Å². The van der Waals surface area contributed by atoms with Gasteiger partial charge >= 0.3 is 0 Å². The average Bonchev–Trinajstić information content (AvgIpc) is 2.89. The lowest BCUT2D eigenvalue weighted by atomic mass is 9.70. The fraction of sp³-hybridized carbons (Fsp3) is 0.250. The smallest absolute Gasteiger partial charge is 0.243 e. The molecule has 0 aliphatic rings. The Morgan fingerprint density at radius 3 is 2.09 bits per heavy atom. The van der Waals surface area contributed by atoms with Gasteiger partial charge in [0.1, 0.15) is 5.41 Å². The lowest BCUT2D eigenvalue weighted by Gasteiger charge is -2.30. The Hall–Kier alpha value is -3.75. The highest BCUT2D eigenvalue weighted by Crippen LogP contribution is 2.39. The summed E-state index contributed by atoms with van der Waals surface area (Å²) in [6.07, 6.45) is 3.90. The van der Waals surface area contributed by atoms with Crippen LogP contribution in [0, 0.1) is 11.3 Å². The normalized spacial score (nSPS) is 12.4. The van der Waals surface area contributed by atoms with E-state index in [2.05, 4.69) is 6.07 Å². The molecule has 0 heterocycles. The Kier molecular flexibility index (Phi) is 8.51. The van der Waals surface area contributed by atoms with Crippen LogP contribution in [-0.4, -0.2) is 16.9 Å². The summed E-state index contributed by atoms with van der Waals surface area (Å²) in [4.78, 5) is 24.6. The van der Waals surface area contributed by atoms with Crippen molar-refractivity contribution in [3.8, 4) is 6.07 Å². The number of hydrogen-bond donors (Lipinski definition) is 2. The maximum atomic E-state index is 13.4. The molecular weight excluding hydrogens is 412 g/mol.